The standard InChI is InChI=1S/C20H15F9INO/c1-10-17(15-7-12(18(21,22)23)2-3-16(15)30)32-9-31(10)8-11-4-13(19(24,25)26)6-14(5-11)20(27,28)29/h2-7,10,17H,8-9H2,1H3/t10-,17+/m0/s1. The first-order valence-corrected chi connectivity index (χ1v) is 10.2. The van der Waals surface area contributed by atoms with Crippen molar-refractivity contribution in [2.45, 2.75) is 44.1 Å². The summed E-state index contributed by atoms with van der Waals surface area (Å²) in [7, 11) is 0. The van der Waals surface area contributed by atoms with Crippen molar-refractivity contribution in [3.63, 3.8) is 0 Å². The molecule has 0 spiro atoms. The second-order valence-electron chi connectivity index (χ2n) is 7.35. The fraction of sp³-hybridized carbons (Fsp3) is 0.400. The quantitative estimate of drug-likeness (QED) is 0.279. The number of halogens is 10. The van der Waals surface area contributed by atoms with E-state index in [1.165, 1.54) is 11.0 Å². The monoisotopic (exact) mass is 583 g/mol. The van der Waals surface area contributed by atoms with E-state index in [2.05, 4.69) is 0 Å². The predicted molar refractivity (Wildman–Crippen MR) is 104 cm³/mol. The highest BCUT2D eigenvalue weighted by molar-refractivity contribution is 14.1. The molecule has 2 atom stereocenters. The Morgan fingerprint density at radius 2 is 1.38 bits per heavy atom. The molecule has 0 bridgehead atoms. The lowest BCUT2D eigenvalue weighted by atomic mass is 10.00. The van der Waals surface area contributed by atoms with Crippen LogP contribution in [0.15, 0.2) is 36.4 Å². The van der Waals surface area contributed by atoms with E-state index in [0.29, 0.717) is 15.7 Å². The van der Waals surface area contributed by atoms with Gasteiger partial charge < -0.3 is 4.74 Å². The third kappa shape index (κ3) is 5.50. The van der Waals surface area contributed by atoms with E-state index in [4.69, 9.17) is 4.74 Å². The topological polar surface area (TPSA) is 12.5 Å². The Hall–Kier alpha value is -1.54. The maximum atomic E-state index is 13.1. The summed E-state index contributed by atoms with van der Waals surface area (Å²) in [5.41, 5.74) is -3.73. The van der Waals surface area contributed by atoms with Crippen LogP contribution >= 0.6 is 22.6 Å². The minimum absolute atomic E-state index is 0.0429. The number of alkyl halides is 9. The van der Waals surface area contributed by atoms with Gasteiger partial charge in [0.15, 0.2) is 0 Å². The van der Waals surface area contributed by atoms with E-state index in [-0.39, 0.29) is 30.5 Å². The van der Waals surface area contributed by atoms with Crippen LogP contribution < -0.4 is 0 Å². The van der Waals surface area contributed by atoms with Crippen molar-refractivity contribution >= 4 is 22.6 Å². The van der Waals surface area contributed by atoms with Crippen molar-refractivity contribution in [1.29, 1.82) is 0 Å². The summed E-state index contributed by atoms with van der Waals surface area (Å²) in [4.78, 5) is 1.47. The lowest BCUT2D eigenvalue weighted by molar-refractivity contribution is -0.143. The number of ether oxygens (including phenoxy) is 1. The van der Waals surface area contributed by atoms with Gasteiger partial charge in [0.1, 0.15) is 12.8 Å². The Bertz CT molecular complexity index is 952. The maximum Gasteiger partial charge on any atom is 0.416 e. The Morgan fingerprint density at radius 1 is 0.844 bits per heavy atom. The fourth-order valence-corrected chi connectivity index (χ4v) is 4.09. The molecule has 1 aliphatic rings. The molecule has 0 saturated carbocycles. The third-order valence-corrected chi connectivity index (χ3v) is 6.08. The predicted octanol–water partition coefficient (Wildman–Crippen LogP) is 7.27. The van der Waals surface area contributed by atoms with Crippen LogP contribution in [0.3, 0.4) is 0 Å². The average Bonchev–Trinajstić information content (AvgIpc) is 3.00. The summed E-state index contributed by atoms with van der Waals surface area (Å²) in [5, 5.41) is 0. The Balaban J connectivity index is 1.89. The van der Waals surface area contributed by atoms with Gasteiger partial charge in [-0.15, -0.1) is 0 Å². The van der Waals surface area contributed by atoms with E-state index in [9.17, 15) is 39.5 Å². The zero-order chi connectivity index (χ0) is 24.1. The Morgan fingerprint density at radius 3 is 1.88 bits per heavy atom. The molecule has 1 heterocycles. The summed E-state index contributed by atoms with van der Waals surface area (Å²) in [6.07, 6.45) is -15.4. The molecule has 32 heavy (non-hydrogen) atoms. The van der Waals surface area contributed by atoms with Gasteiger partial charge in [-0.25, -0.2) is 0 Å². The Kier molecular flexibility index (Phi) is 6.80. The molecule has 2 aromatic carbocycles. The van der Waals surface area contributed by atoms with Gasteiger partial charge in [0, 0.05) is 16.2 Å². The van der Waals surface area contributed by atoms with Gasteiger partial charge in [-0.05, 0) is 77.0 Å². The first-order valence-electron chi connectivity index (χ1n) is 9.08. The van der Waals surface area contributed by atoms with E-state index < -0.39 is 47.4 Å². The molecule has 3 rings (SSSR count). The smallest absolute Gasteiger partial charge is 0.356 e. The van der Waals surface area contributed by atoms with Crippen LogP contribution in [0, 0.1) is 3.57 Å². The summed E-state index contributed by atoms with van der Waals surface area (Å²) < 4.78 is 124. The van der Waals surface area contributed by atoms with Crippen LogP contribution in [0.2, 0.25) is 0 Å². The Labute approximate surface area is 190 Å². The molecular weight excluding hydrogens is 568 g/mol. The van der Waals surface area contributed by atoms with Crippen LogP contribution in [0.25, 0.3) is 0 Å². The second kappa shape index (κ2) is 8.67. The van der Waals surface area contributed by atoms with E-state index in [1.54, 1.807) is 6.92 Å². The average molecular weight is 583 g/mol. The number of benzene rings is 2. The molecule has 0 N–H and O–H groups in total. The number of rotatable bonds is 3. The molecule has 1 saturated heterocycles. The van der Waals surface area contributed by atoms with Gasteiger partial charge in [0.05, 0.1) is 16.7 Å². The molecule has 0 unspecified atom stereocenters. The largest absolute Gasteiger partial charge is 0.416 e. The van der Waals surface area contributed by atoms with Crippen molar-refractivity contribution < 1.29 is 44.3 Å². The first-order chi connectivity index (χ1) is 14.6. The van der Waals surface area contributed by atoms with Crippen LogP contribution in [0.5, 0.6) is 0 Å². The van der Waals surface area contributed by atoms with Gasteiger partial charge in [0.25, 0.3) is 0 Å². The van der Waals surface area contributed by atoms with Crippen molar-refractivity contribution in [2.24, 2.45) is 0 Å². The van der Waals surface area contributed by atoms with Crippen molar-refractivity contribution in [3.05, 3.63) is 67.8 Å². The number of hydrogen-bond acceptors (Lipinski definition) is 2. The molecule has 1 fully saturated rings. The van der Waals surface area contributed by atoms with Crippen molar-refractivity contribution in [1.82, 2.24) is 4.90 Å². The zero-order valence-corrected chi connectivity index (χ0v) is 18.3. The van der Waals surface area contributed by atoms with Crippen molar-refractivity contribution in [2.75, 3.05) is 6.73 Å². The minimum atomic E-state index is -4.97. The third-order valence-electron chi connectivity index (χ3n) is 5.10. The van der Waals surface area contributed by atoms with Crippen LogP contribution in [0.1, 0.15) is 40.8 Å². The SMILES string of the molecule is C[C@H]1[C@H](c2cc(C(F)(F)F)ccc2I)OCN1Cc1cc(C(F)(F)F)cc(C(F)(F)F)c1. The van der Waals surface area contributed by atoms with Gasteiger partial charge in [-0.1, -0.05) is 0 Å². The van der Waals surface area contributed by atoms with Crippen LogP contribution in [0.4, 0.5) is 39.5 Å². The van der Waals surface area contributed by atoms with Crippen LogP contribution in [-0.2, 0) is 29.8 Å². The fourth-order valence-electron chi connectivity index (χ4n) is 3.45. The summed E-state index contributed by atoms with van der Waals surface area (Å²) in [6, 6.07) is 3.84. The maximum absolute atomic E-state index is 13.1. The normalized spacial score (nSPS) is 20.7. The summed E-state index contributed by atoms with van der Waals surface area (Å²) in [6.45, 7) is 1.11. The summed E-state index contributed by atoms with van der Waals surface area (Å²) >= 11 is 1.85. The van der Waals surface area contributed by atoms with E-state index >= 15 is 0 Å². The highest BCUT2D eigenvalue weighted by Gasteiger charge is 2.39. The molecule has 0 aliphatic carbocycles. The molecule has 176 valence electrons. The second-order valence-corrected chi connectivity index (χ2v) is 8.51. The van der Waals surface area contributed by atoms with Gasteiger partial charge in [0.2, 0.25) is 0 Å². The van der Waals surface area contributed by atoms with Crippen molar-refractivity contribution in [3.8, 4) is 0 Å². The highest BCUT2D eigenvalue weighted by atomic mass is 127. The highest BCUT2D eigenvalue weighted by Crippen LogP contribution is 2.40. The number of nitrogens with zero attached hydrogens (tertiary/aromatic N) is 1. The molecule has 1 aliphatic heterocycles. The van der Waals surface area contributed by atoms with Gasteiger partial charge in [-0.2, -0.15) is 39.5 Å². The molecule has 2 aromatic rings. The molecule has 0 aromatic heterocycles. The van der Waals surface area contributed by atoms with E-state index in [1.807, 2.05) is 22.6 Å². The van der Waals surface area contributed by atoms with Gasteiger partial charge >= 0.3 is 18.5 Å². The molecular formula is C20H15F9INO. The molecule has 0 amide bonds. The number of hydrogen-bond donors (Lipinski definition) is 0. The lowest BCUT2D eigenvalue weighted by Crippen LogP contribution is -2.29. The molecule has 0 radical (unpaired) electrons. The minimum Gasteiger partial charge on any atom is -0.356 e. The van der Waals surface area contributed by atoms with Gasteiger partial charge in [-0.3, -0.25) is 4.90 Å². The summed E-state index contributed by atoms with van der Waals surface area (Å²) in [5.74, 6) is 0. The first kappa shape index (κ1) is 25.1. The molecule has 12 heteroatoms. The lowest BCUT2D eigenvalue weighted by Gasteiger charge is -2.24. The zero-order valence-electron chi connectivity index (χ0n) is 16.2. The molecule has 2 nitrogen and oxygen atoms in total. The van der Waals surface area contributed by atoms with Crippen LogP contribution in [-0.4, -0.2) is 17.7 Å². The van der Waals surface area contributed by atoms with E-state index in [0.717, 1.165) is 12.1 Å².